The van der Waals surface area contributed by atoms with Crippen LogP contribution in [-0.2, 0) is 6.54 Å². The number of aromatic nitrogens is 2. The van der Waals surface area contributed by atoms with Crippen molar-refractivity contribution >= 4 is 17.0 Å². The van der Waals surface area contributed by atoms with Gasteiger partial charge in [0, 0.05) is 40.7 Å². The van der Waals surface area contributed by atoms with Gasteiger partial charge in [0.25, 0.3) is 0 Å². The van der Waals surface area contributed by atoms with Gasteiger partial charge in [-0.25, -0.2) is 9.97 Å². The normalized spacial score (nSPS) is 14.3. The molecule has 3 N–H and O–H groups in total. The summed E-state index contributed by atoms with van der Waals surface area (Å²) in [4.78, 5) is 11.4. The summed E-state index contributed by atoms with van der Waals surface area (Å²) in [5.41, 5.74) is 7.86. The van der Waals surface area contributed by atoms with Gasteiger partial charge in [-0.2, -0.15) is 0 Å². The smallest absolute Gasteiger partial charge is 0.132 e. The average molecular weight is 264 g/mol. The van der Waals surface area contributed by atoms with Crippen molar-refractivity contribution in [2.75, 3.05) is 12.3 Å². The Bertz CT molecular complexity index is 559. The van der Waals surface area contributed by atoms with Crippen LogP contribution in [0.15, 0.2) is 16.8 Å². The van der Waals surface area contributed by atoms with E-state index in [0.717, 1.165) is 16.2 Å². The first-order valence-corrected chi connectivity index (χ1v) is 6.52. The molecule has 1 aliphatic rings. The number of allylic oxidation sites excluding steroid dienone is 1. The van der Waals surface area contributed by atoms with Gasteiger partial charge in [-0.1, -0.05) is 11.2 Å². The fourth-order valence-electron chi connectivity index (χ4n) is 1.69. The molecule has 0 radical (unpaired) electrons. The number of nitrogen functional groups attached to an aromatic ring is 1. The van der Waals surface area contributed by atoms with E-state index in [9.17, 15) is 0 Å². The lowest BCUT2D eigenvalue weighted by Gasteiger charge is -2.16. The largest absolute Gasteiger partial charge is 0.396 e. The van der Waals surface area contributed by atoms with Crippen LogP contribution < -0.4 is 5.73 Å². The van der Waals surface area contributed by atoms with Crippen molar-refractivity contribution in [1.29, 1.82) is 0 Å². The van der Waals surface area contributed by atoms with Crippen LogP contribution in [0, 0.1) is 12.2 Å². The second kappa shape index (κ2) is 5.35. The van der Waals surface area contributed by atoms with Gasteiger partial charge < -0.3 is 10.8 Å². The van der Waals surface area contributed by atoms with Crippen LogP contribution in [0.5, 0.6) is 0 Å². The van der Waals surface area contributed by atoms with Gasteiger partial charge in [-0.3, -0.25) is 4.90 Å². The molecule has 0 saturated carbocycles. The average Bonchev–Trinajstić information content (AvgIpc) is 2.66. The molecular formula is C12H16N4OS. The Morgan fingerprint density at radius 3 is 2.94 bits per heavy atom. The lowest BCUT2D eigenvalue weighted by Crippen LogP contribution is -2.16. The molecule has 6 heteroatoms. The van der Waals surface area contributed by atoms with E-state index in [4.69, 9.17) is 10.8 Å². The molecule has 0 amide bonds. The zero-order valence-electron chi connectivity index (χ0n) is 10.5. The maximum absolute atomic E-state index is 8.96. The Hall–Kier alpha value is -1.62. The van der Waals surface area contributed by atoms with E-state index in [1.54, 1.807) is 6.20 Å². The second-order valence-corrected chi connectivity index (χ2v) is 4.97. The second-order valence-electron chi connectivity index (χ2n) is 4.09. The van der Waals surface area contributed by atoms with Gasteiger partial charge in [0.1, 0.15) is 11.6 Å². The van der Waals surface area contributed by atoms with E-state index in [0.29, 0.717) is 24.6 Å². The van der Waals surface area contributed by atoms with Crippen molar-refractivity contribution in [3.8, 4) is 5.31 Å². The first-order valence-electron chi connectivity index (χ1n) is 5.70. The number of nitrogens with zero attached hydrogens (tertiary/aromatic N) is 3. The zero-order chi connectivity index (χ0) is 13.1. The van der Waals surface area contributed by atoms with E-state index in [1.807, 2.05) is 18.7 Å². The van der Waals surface area contributed by atoms with Crippen molar-refractivity contribution in [2.45, 2.75) is 26.8 Å². The number of aliphatic hydroxyl groups is 1. The van der Waals surface area contributed by atoms with Crippen LogP contribution in [0.1, 0.15) is 24.7 Å². The van der Waals surface area contributed by atoms with Gasteiger partial charge in [0.2, 0.25) is 0 Å². The summed E-state index contributed by atoms with van der Waals surface area (Å²) in [6, 6.07) is 0. The molecule has 0 aromatic carbocycles. The van der Waals surface area contributed by atoms with Crippen LogP contribution in [0.2, 0.25) is 0 Å². The minimum Gasteiger partial charge on any atom is -0.396 e. The number of aliphatic hydroxyl groups excluding tert-OH is 1. The van der Waals surface area contributed by atoms with Crippen molar-refractivity contribution in [3.63, 3.8) is 0 Å². The maximum atomic E-state index is 8.96. The molecule has 2 rings (SSSR count). The van der Waals surface area contributed by atoms with Crippen LogP contribution in [0.25, 0.3) is 0 Å². The Balaban J connectivity index is 2.15. The molecule has 18 heavy (non-hydrogen) atoms. The molecule has 0 aliphatic carbocycles. The van der Waals surface area contributed by atoms with Crippen molar-refractivity contribution < 1.29 is 5.11 Å². The SMILES string of the molecule is CC1=C(CCO)S#CN1Cc1cnc(C)nc1N. The number of hydrogen-bond donors (Lipinski definition) is 2. The van der Waals surface area contributed by atoms with Gasteiger partial charge in [-0.15, -0.1) is 0 Å². The molecule has 0 fully saturated rings. The summed E-state index contributed by atoms with van der Waals surface area (Å²) in [6.07, 6.45) is 2.42. The predicted octanol–water partition coefficient (Wildman–Crippen LogP) is 1.45. The van der Waals surface area contributed by atoms with E-state index >= 15 is 0 Å². The molecule has 0 bridgehead atoms. The molecule has 1 aliphatic heterocycles. The molecular weight excluding hydrogens is 248 g/mol. The number of nitrogens with two attached hydrogens (primary N) is 1. The summed E-state index contributed by atoms with van der Waals surface area (Å²) >= 11 is 1.53. The van der Waals surface area contributed by atoms with Crippen LogP contribution in [0.3, 0.4) is 0 Å². The van der Waals surface area contributed by atoms with Crippen LogP contribution >= 0.6 is 11.2 Å². The summed E-state index contributed by atoms with van der Waals surface area (Å²) < 4.78 is 0. The molecule has 1 aromatic heterocycles. The maximum Gasteiger partial charge on any atom is 0.132 e. The lowest BCUT2D eigenvalue weighted by molar-refractivity contribution is 0.300. The van der Waals surface area contributed by atoms with E-state index in [1.165, 1.54) is 11.2 Å². The lowest BCUT2D eigenvalue weighted by atomic mass is 10.2. The highest BCUT2D eigenvalue weighted by molar-refractivity contribution is 7.92. The quantitative estimate of drug-likeness (QED) is 0.861. The summed E-state index contributed by atoms with van der Waals surface area (Å²) in [6.45, 7) is 4.60. The van der Waals surface area contributed by atoms with Gasteiger partial charge in [0.15, 0.2) is 0 Å². The first kappa shape index (κ1) is 12.8. The summed E-state index contributed by atoms with van der Waals surface area (Å²) in [5.74, 6) is 1.19. The molecule has 0 atom stereocenters. The third kappa shape index (κ3) is 2.61. The minimum absolute atomic E-state index is 0.158. The fraction of sp³-hybridized carbons (Fsp3) is 0.417. The third-order valence-electron chi connectivity index (χ3n) is 2.77. The Labute approximate surface area is 110 Å². The summed E-state index contributed by atoms with van der Waals surface area (Å²) in [7, 11) is 0. The van der Waals surface area contributed by atoms with Crippen molar-refractivity contribution in [2.24, 2.45) is 0 Å². The van der Waals surface area contributed by atoms with E-state index in [-0.39, 0.29) is 6.61 Å². The Morgan fingerprint density at radius 2 is 2.28 bits per heavy atom. The van der Waals surface area contributed by atoms with E-state index in [2.05, 4.69) is 15.3 Å². The number of hydrogen-bond acceptors (Lipinski definition) is 5. The topological polar surface area (TPSA) is 75.3 Å². The standard InChI is InChI=1S/C12H16N4OS/c1-8-11(3-4-17)18-7-16(8)6-10-5-14-9(2)15-12(10)13/h5,17H,3-4,6H2,1-2H3,(H2,13,14,15). The summed E-state index contributed by atoms with van der Waals surface area (Å²) in [5, 5.41) is 12.1. The first-order chi connectivity index (χ1) is 8.61. The third-order valence-corrected chi connectivity index (χ3v) is 3.83. The molecule has 2 heterocycles. The fourth-order valence-corrected chi connectivity index (χ4v) is 2.57. The molecule has 1 aromatic rings. The van der Waals surface area contributed by atoms with Crippen LogP contribution in [0.4, 0.5) is 5.82 Å². The molecule has 0 saturated heterocycles. The zero-order valence-corrected chi connectivity index (χ0v) is 11.3. The van der Waals surface area contributed by atoms with Gasteiger partial charge >= 0.3 is 0 Å². The number of aryl methyl sites for hydroxylation is 1. The molecule has 0 spiro atoms. The van der Waals surface area contributed by atoms with Crippen LogP contribution in [-0.4, -0.2) is 26.6 Å². The Kier molecular flexibility index (Phi) is 3.81. The number of anilines is 1. The monoisotopic (exact) mass is 264 g/mol. The Morgan fingerprint density at radius 1 is 1.50 bits per heavy atom. The van der Waals surface area contributed by atoms with Gasteiger partial charge in [-0.05, 0) is 13.8 Å². The highest BCUT2D eigenvalue weighted by Gasteiger charge is 2.15. The van der Waals surface area contributed by atoms with Gasteiger partial charge in [0.05, 0.1) is 6.54 Å². The predicted molar refractivity (Wildman–Crippen MR) is 72.6 cm³/mol. The highest BCUT2D eigenvalue weighted by atomic mass is 32.1. The number of rotatable bonds is 4. The van der Waals surface area contributed by atoms with E-state index < -0.39 is 0 Å². The minimum atomic E-state index is 0.158. The molecule has 0 unspecified atom stereocenters. The van der Waals surface area contributed by atoms with Crippen molar-refractivity contribution in [1.82, 2.24) is 14.9 Å². The van der Waals surface area contributed by atoms with Crippen molar-refractivity contribution in [3.05, 3.63) is 28.2 Å². The molecule has 96 valence electrons. The molecule has 5 nitrogen and oxygen atoms in total. The highest BCUT2D eigenvalue weighted by Crippen LogP contribution is 2.26.